The highest BCUT2D eigenvalue weighted by Gasteiger charge is 2.22. The average molecular weight is 317 g/mol. The van der Waals surface area contributed by atoms with E-state index in [9.17, 15) is 4.79 Å². The molecule has 0 saturated carbocycles. The Labute approximate surface area is 136 Å². The van der Waals surface area contributed by atoms with E-state index in [-0.39, 0.29) is 18.1 Å². The SMILES string of the molecule is C=C(/N=C(/N)NC(=O)N(C[C@H]1CCCO1)NC)c1ccccc1. The number of hydrogen-bond donors (Lipinski definition) is 3. The highest BCUT2D eigenvalue weighted by atomic mass is 16.5. The van der Waals surface area contributed by atoms with Crippen molar-refractivity contribution in [2.24, 2.45) is 10.7 Å². The third-order valence-corrected chi connectivity index (χ3v) is 3.52. The van der Waals surface area contributed by atoms with Gasteiger partial charge in [0, 0.05) is 13.7 Å². The normalized spacial score (nSPS) is 17.8. The number of carbonyl (C=O) groups is 1. The van der Waals surface area contributed by atoms with Gasteiger partial charge in [-0.05, 0) is 18.4 Å². The van der Waals surface area contributed by atoms with Crippen molar-refractivity contribution in [3.8, 4) is 0 Å². The zero-order chi connectivity index (χ0) is 16.7. The van der Waals surface area contributed by atoms with Gasteiger partial charge in [0.2, 0.25) is 5.96 Å². The molecule has 1 saturated heterocycles. The number of amides is 2. The van der Waals surface area contributed by atoms with Crippen LogP contribution in [0.1, 0.15) is 18.4 Å². The molecule has 1 fully saturated rings. The predicted molar refractivity (Wildman–Crippen MR) is 90.4 cm³/mol. The minimum absolute atomic E-state index is 0.00329. The number of nitrogens with one attached hydrogen (secondary N) is 2. The van der Waals surface area contributed by atoms with Crippen LogP contribution in [0.4, 0.5) is 4.79 Å². The molecule has 124 valence electrons. The zero-order valence-corrected chi connectivity index (χ0v) is 13.3. The molecule has 0 aromatic heterocycles. The van der Waals surface area contributed by atoms with Crippen molar-refractivity contribution in [1.82, 2.24) is 15.8 Å². The van der Waals surface area contributed by atoms with Crippen molar-refractivity contribution in [3.05, 3.63) is 42.5 Å². The number of hydrogen-bond acceptors (Lipinski definition) is 4. The van der Waals surface area contributed by atoms with Gasteiger partial charge in [0.05, 0.1) is 18.3 Å². The molecule has 1 atom stereocenters. The van der Waals surface area contributed by atoms with Crippen molar-refractivity contribution in [2.75, 3.05) is 20.2 Å². The molecule has 2 amide bonds. The Morgan fingerprint density at radius 1 is 1.48 bits per heavy atom. The Bertz CT molecular complexity index is 567. The van der Waals surface area contributed by atoms with Crippen LogP contribution in [0.5, 0.6) is 0 Å². The monoisotopic (exact) mass is 317 g/mol. The molecule has 23 heavy (non-hydrogen) atoms. The summed E-state index contributed by atoms with van der Waals surface area (Å²) in [6, 6.07) is 9.03. The molecule has 1 aromatic carbocycles. The summed E-state index contributed by atoms with van der Waals surface area (Å²) >= 11 is 0. The van der Waals surface area contributed by atoms with Crippen LogP contribution in [0, 0.1) is 0 Å². The average Bonchev–Trinajstić information content (AvgIpc) is 3.06. The number of benzene rings is 1. The van der Waals surface area contributed by atoms with Crippen molar-refractivity contribution in [2.45, 2.75) is 18.9 Å². The highest BCUT2D eigenvalue weighted by molar-refractivity contribution is 5.97. The third-order valence-electron chi connectivity index (χ3n) is 3.52. The molecule has 1 aliphatic heterocycles. The lowest BCUT2D eigenvalue weighted by atomic mass is 10.2. The Balaban J connectivity index is 1.91. The van der Waals surface area contributed by atoms with Gasteiger partial charge in [-0.3, -0.25) is 10.3 Å². The molecule has 0 aliphatic carbocycles. The lowest BCUT2D eigenvalue weighted by Crippen LogP contribution is -2.52. The number of hydrazine groups is 1. The molecule has 0 unspecified atom stereocenters. The van der Waals surface area contributed by atoms with Gasteiger partial charge in [0.25, 0.3) is 0 Å². The summed E-state index contributed by atoms with van der Waals surface area (Å²) in [6.07, 6.45) is 2.01. The summed E-state index contributed by atoms with van der Waals surface area (Å²) in [6.45, 7) is 5.05. The number of aliphatic imine (C=N–C) groups is 1. The number of urea groups is 1. The number of nitrogens with two attached hydrogens (primary N) is 1. The van der Waals surface area contributed by atoms with E-state index >= 15 is 0 Å². The fourth-order valence-corrected chi connectivity index (χ4v) is 2.31. The van der Waals surface area contributed by atoms with Crippen molar-refractivity contribution < 1.29 is 9.53 Å². The summed E-state index contributed by atoms with van der Waals surface area (Å²) in [7, 11) is 1.67. The number of guanidine groups is 1. The van der Waals surface area contributed by atoms with Crippen LogP contribution in [0.3, 0.4) is 0 Å². The van der Waals surface area contributed by atoms with Crippen LogP contribution in [-0.2, 0) is 4.74 Å². The van der Waals surface area contributed by atoms with Crippen LogP contribution >= 0.6 is 0 Å². The van der Waals surface area contributed by atoms with E-state index in [0.29, 0.717) is 12.2 Å². The van der Waals surface area contributed by atoms with Gasteiger partial charge < -0.3 is 10.5 Å². The lowest BCUT2D eigenvalue weighted by Gasteiger charge is -2.24. The van der Waals surface area contributed by atoms with Crippen LogP contribution in [-0.4, -0.2) is 43.3 Å². The van der Waals surface area contributed by atoms with E-state index in [4.69, 9.17) is 10.5 Å². The second kappa shape index (κ2) is 8.30. The molecule has 0 spiro atoms. The molecule has 1 heterocycles. The molecule has 1 aromatic rings. The largest absolute Gasteiger partial charge is 0.376 e. The van der Waals surface area contributed by atoms with Gasteiger partial charge in [-0.25, -0.2) is 15.2 Å². The van der Waals surface area contributed by atoms with Crippen LogP contribution in [0.15, 0.2) is 41.9 Å². The zero-order valence-electron chi connectivity index (χ0n) is 13.3. The van der Waals surface area contributed by atoms with E-state index in [1.165, 1.54) is 5.01 Å². The van der Waals surface area contributed by atoms with E-state index in [1.54, 1.807) is 7.05 Å². The van der Waals surface area contributed by atoms with E-state index in [2.05, 4.69) is 22.3 Å². The molecule has 0 radical (unpaired) electrons. The molecular formula is C16H23N5O2. The van der Waals surface area contributed by atoms with Gasteiger partial charge in [0.15, 0.2) is 0 Å². The molecule has 2 rings (SSSR count). The Morgan fingerprint density at radius 3 is 2.83 bits per heavy atom. The Kier molecular flexibility index (Phi) is 6.13. The van der Waals surface area contributed by atoms with Crippen LogP contribution in [0.25, 0.3) is 5.70 Å². The summed E-state index contributed by atoms with van der Waals surface area (Å²) in [5, 5.41) is 3.96. The quantitative estimate of drug-likeness (QED) is 0.433. The molecule has 0 bridgehead atoms. The van der Waals surface area contributed by atoms with Crippen molar-refractivity contribution in [1.29, 1.82) is 0 Å². The Hall–Kier alpha value is -2.38. The predicted octanol–water partition coefficient (Wildman–Crippen LogP) is 1.30. The first-order valence-electron chi connectivity index (χ1n) is 7.56. The number of nitrogens with zero attached hydrogens (tertiary/aromatic N) is 2. The van der Waals surface area contributed by atoms with Crippen molar-refractivity contribution >= 4 is 17.7 Å². The van der Waals surface area contributed by atoms with Gasteiger partial charge in [0.1, 0.15) is 0 Å². The summed E-state index contributed by atoms with van der Waals surface area (Å²) in [5.74, 6) is -0.00329. The van der Waals surface area contributed by atoms with E-state index < -0.39 is 0 Å². The molecule has 1 aliphatic rings. The fourth-order valence-electron chi connectivity index (χ4n) is 2.31. The van der Waals surface area contributed by atoms with Crippen LogP contribution < -0.4 is 16.5 Å². The molecule has 7 nitrogen and oxygen atoms in total. The van der Waals surface area contributed by atoms with Crippen molar-refractivity contribution in [3.63, 3.8) is 0 Å². The van der Waals surface area contributed by atoms with Gasteiger partial charge in [-0.1, -0.05) is 36.9 Å². The summed E-state index contributed by atoms with van der Waals surface area (Å²) in [4.78, 5) is 16.3. The molecule has 4 N–H and O–H groups in total. The summed E-state index contributed by atoms with van der Waals surface area (Å²) in [5.41, 5.74) is 9.94. The topological polar surface area (TPSA) is 92.0 Å². The first kappa shape index (κ1) is 17.0. The van der Waals surface area contributed by atoms with Crippen LogP contribution in [0.2, 0.25) is 0 Å². The second-order valence-corrected chi connectivity index (χ2v) is 5.21. The lowest BCUT2D eigenvalue weighted by molar-refractivity contribution is 0.0710. The number of ether oxygens (including phenoxy) is 1. The van der Waals surface area contributed by atoms with Gasteiger partial charge in [-0.15, -0.1) is 0 Å². The number of carbonyl (C=O) groups excluding carboxylic acids is 1. The van der Waals surface area contributed by atoms with Gasteiger partial charge >= 0.3 is 6.03 Å². The molecule has 7 heteroatoms. The highest BCUT2D eigenvalue weighted by Crippen LogP contribution is 2.13. The maximum atomic E-state index is 12.2. The second-order valence-electron chi connectivity index (χ2n) is 5.21. The van der Waals surface area contributed by atoms with E-state index in [0.717, 1.165) is 25.0 Å². The smallest absolute Gasteiger partial charge is 0.338 e. The Morgan fingerprint density at radius 2 is 2.22 bits per heavy atom. The minimum Gasteiger partial charge on any atom is -0.376 e. The summed E-state index contributed by atoms with van der Waals surface area (Å²) < 4.78 is 5.53. The van der Waals surface area contributed by atoms with E-state index in [1.807, 2.05) is 30.3 Å². The minimum atomic E-state index is -0.384. The number of rotatable bonds is 5. The maximum absolute atomic E-state index is 12.2. The first-order chi connectivity index (χ1) is 11.1. The molecular weight excluding hydrogens is 294 g/mol. The first-order valence-corrected chi connectivity index (χ1v) is 7.56. The third kappa shape index (κ3) is 5.08. The standard InChI is InChI=1S/C16H23N5O2/c1-12(13-7-4-3-5-8-13)19-15(17)20-16(22)21(18-2)11-14-9-6-10-23-14/h3-5,7-8,14,18H,1,6,9-11H2,2H3,(H3,17,19,20,22)/t14-/m1/s1. The maximum Gasteiger partial charge on any atom is 0.338 e. The fraction of sp³-hybridized carbons (Fsp3) is 0.375. The van der Waals surface area contributed by atoms with Gasteiger partial charge in [-0.2, -0.15) is 0 Å².